The van der Waals surface area contributed by atoms with E-state index in [0.29, 0.717) is 0 Å². The van der Waals surface area contributed by atoms with Crippen LogP contribution in [0.25, 0.3) is 0 Å². The fourth-order valence-corrected chi connectivity index (χ4v) is 3.39. The van der Waals surface area contributed by atoms with Gasteiger partial charge in [-0.05, 0) is 12.5 Å². The van der Waals surface area contributed by atoms with Crippen LogP contribution >= 0.6 is 12.6 Å². The molecule has 0 saturated heterocycles. The predicted octanol–water partition coefficient (Wildman–Crippen LogP) is 3.75. The average Bonchev–Trinajstić information content (AvgIpc) is 2.57. The van der Waals surface area contributed by atoms with E-state index in [1.807, 2.05) is 6.07 Å². The molecule has 1 heterocycles. The number of aromatic nitrogens is 1. The summed E-state index contributed by atoms with van der Waals surface area (Å²) in [5.74, 6) is 0. The van der Waals surface area contributed by atoms with E-state index in [4.69, 9.17) is 0 Å². The average molecular weight is 360 g/mol. The van der Waals surface area contributed by atoms with E-state index in [0.717, 1.165) is 11.6 Å². The Balaban J connectivity index is 0.00000529. The first-order valence-corrected chi connectivity index (χ1v) is 10.5. The van der Waals surface area contributed by atoms with Gasteiger partial charge in [0.25, 0.3) is 0 Å². The van der Waals surface area contributed by atoms with Gasteiger partial charge < -0.3 is 0 Å². The zero-order chi connectivity index (χ0) is 16.6. The van der Waals surface area contributed by atoms with Gasteiger partial charge in [-0.3, -0.25) is 0 Å². The van der Waals surface area contributed by atoms with Crippen molar-refractivity contribution in [2.45, 2.75) is 108 Å². The van der Waals surface area contributed by atoms with E-state index < -0.39 is 0 Å². The maximum atomic E-state index is 4.48. The maximum absolute atomic E-state index is 4.48. The van der Waals surface area contributed by atoms with Crippen LogP contribution in [0.5, 0.6) is 0 Å². The third-order valence-corrected chi connectivity index (χ3v) is 5.08. The van der Waals surface area contributed by atoms with Gasteiger partial charge in [0.2, 0.25) is 5.03 Å². The Kier molecular flexibility index (Phi) is 18.7. The van der Waals surface area contributed by atoms with Crippen LogP contribution in [0, 0.1) is 0 Å². The van der Waals surface area contributed by atoms with Crippen LogP contribution in [-0.4, -0.2) is 0 Å². The molecule has 0 amide bonds. The van der Waals surface area contributed by atoms with Gasteiger partial charge in [-0.1, -0.05) is 96.6 Å². The summed E-state index contributed by atoms with van der Waals surface area (Å²) in [7, 11) is 0. The van der Waals surface area contributed by atoms with Crippen molar-refractivity contribution in [1.82, 2.24) is 0 Å². The normalized spacial score (nSPS) is 10.6. The number of hydrogen-bond donors (Lipinski definition) is 1. The van der Waals surface area contributed by atoms with Crippen LogP contribution in [0.15, 0.2) is 29.4 Å². The fraction of sp³-hybridized carbons (Fsp3) is 0.762. The SMILES string of the molecule is CCCCCCCCCCCCCCCC[n+]1ccccc1S.[Na+]. The van der Waals surface area contributed by atoms with Crippen LogP contribution in [-0.2, 0) is 6.54 Å². The first-order chi connectivity index (χ1) is 11.3. The largest absolute Gasteiger partial charge is 1.00 e. The summed E-state index contributed by atoms with van der Waals surface area (Å²) in [5.41, 5.74) is 0. The Morgan fingerprint density at radius 3 is 1.62 bits per heavy atom. The number of thiol groups is 1. The Hall–Kier alpha value is 0.500. The monoisotopic (exact) mass is 359 g/mol. The number of hydrogen-bond acceptors (Lipinski definition) is 1. The van der Waals surface area contributed by atoms with Crippen molar-refractivity contribution in [2.75, 3.05) is 0 Å². The molecule has 0 atom stereocenters. The first kappa shape index (κ1) is 24.5. The van der Waals surface area contributed by atoms with Crippen LogP contribution in [0.4, 0.5) is 0 Å². The molecule has 1 aromatic rings. The van der Waals surface area contributed by atoms with Gasteiger partial charge in [-0.25, -0.2) is 0 Å². The molecule has 0 aliphatic heterocycles. The molecule has 132 valence electrons. The fourth-order valence-electron chi connectivity index (χ4n) is 3.13. The van der Waals surface area contributed by atoms with Crippen LogP contribution in [0.2, 0.25) is 0 Å². The van der Waals surface area contributed by atoms with Crippen LogP contribution in [0.3, 0.4) is 0 Å². The molecular weight excluding hydrogens is 321 g/mol. The van der Waals surface area contributed by atoms with Crippen molar-refractivity contribution in [3.05, 3.63) is 24.4 Å². The summed E-state index contributed by atoms with van der Waals surface area (Å²) in [6.45, 7) is 3.40. The van der Waals surface area contributed by atoms with E-state index in [9.17, 15) is 0 Å². The third-order valence-electron chi connectivity index (χ3n) is 4.67. The first-order valence-electron chi connectivity index (χ1n) is 10.0. The molecule has 3 heteroatoms. The summed E-state index contributed by atoms with van der Waals surface area (Å²) in [6.07, 6.45) is 22.0. The summed E-state index contributed by atoms with van der Waals surface area (Å²) in [4.78, 5) is 0. The Labute approximate surface area is 178 Å². The second kappa shape index (κ2) is 18.3. The second-order valence-electron chi connectivity index (χ2n) is 6.85. The molecule has 0 aromatic carbocycles. The third kappa shape index (κ3) is 13.8. The molecule has 0 aliphatic carbocycles. The van der Waals surface area contributed by atoms with Crippen molar-refractivity contribution < 1.29 is 34.1 Å². The molecule has 0 bridgehead atoms. The summed E-state index contributed by atoms with van der Waals surface area (Å²) < 4.78 is 2.24. The van der Waals surface area contributed by atoms with Crippen molar-refractivity contribution in [1.29, 1.82) is 0 Å². The number of rotatable bonds is 15. The molecule has 0 fully saturated rings. The van der Waals surface area contributed by atoms with Crippen molar-refractivity contribution in [3.8, 4) is 0 Å². The van der Waals surface area contributed by atoms with Gasteiger partial charge in [-0.15, -0.1) is 0 Å². The minimum Gasteiger partial charge on any atom is -0.193 e. The predicted molar refractivity (Wildman–Crippen MR) is 104 cm³/mol. The van der Waals surface area contributed by atoms with Gasteiger partial charge in [0.05, 0.1) is 0 Å². The maximum Gasteiger partial charge on any atom is 1.00 e. The number of pyridine rings is 1. The molecular formula is C21H38NNaS+2. The minimum absolute atomic E-state index is 0. The number of nitrogens with zero attached hydrogens (tertiary/aromatic N) is 1. The molecule has 0 radical (unpaired) electrons. The zero-order valence-electron chi connectivity index (χ0n) is 16.3. The standard InChI is InChI=1S/C21H37NS.Na/c1-2-3-4-5-6-7-8-9-10-11-12-13-14-16-19-22-20-17-15-18-21(22)23;/h15,17-18,20H,2-14,16,19H2,1H3;/q;+1/p+1. The molecule has 0 spiro atoms. The summed E-state index contributed by atoms with van der Waals surface area (Å²) >= 11 is 4.48. The number of unbranched alkanes of at least 4 members (excludes halogenated alkanes) is 13. The van der Waals surface area contributed by atoms with Gasteiger partial charge in [0.15, 0.2) is 6.20 Å². The molecule has 1 aromatic heterocycles. The quantitative estimate of drug-likeness (QED) is 0.210. The van der Waals surface area contributed by atoms with E-state index in [2.05, 4.69) is 42.4 Å². The Bertz CT molecular complexity index is 384. The van der Waals surface area contributed by atoms with E-state index >= 15 is 0 Å². The molecule has 1 rings (SSSR count). The van der Waals surface area contributed by atoms with Crippen molar-refractivity contribution in [2.24, 2.45) is 0 Å². The van der Waals surface area contributed by atoms with Gasteiger partial charge in [0.1, 0.15) is 6.54 Å². The molecule has 0 saturated carbocycles. The van der Waals surface area contributed by atoms with Crippen molar-refractivity contribution >= 4 is 12.6 Å². The molecule has 24 heavy (non-hydrogen) atoms. The smallest absolute Gasteiger partial charge is 0.193 e. The number of aryl methyl sites for hydroxylation is 1. The molecule has 1 nitrogen and oxygen atoms in total. The molecule has 0 aliphatic rings. The van der Waals surface area contributed by atoms with Gasteiger partial charge >= 0.3 is 29.6 Å². The van der Waals surface area contributed by atoms with E-state index in [1.54, 1.807) is 0 Å². The van der Waals surface area contributed by atoms with E-state index in [-0.39, 0.29) is 29.6 Å². The van der Waals surface area contributed by atoms with Crippen LogP contribution in [0.1, 0.15) is 96.8 Å². The zero-order valence-corrected chi connectivity index (χ0v) is 19.2. The van der Waals surface area contributed by atoms with Crippen LogP contribution < -0.4 is 34.1 Å². The summed E-state index contributed by atoms with van der Waals surface area (Å²) in [5, 5.41) is 1.07. The minimum atomic E-state index is 0. The summed E-state index contributed by atoms with van der Waals surface area (Å²) in [6, 6.07) is 6.19. The molecule has 0 unspecified atom stereocenters. The van der Waals surface area contributed by atoms with Crippen molar-refractivity contribution in [3.63, 3.8) is 0 Å². The Morgan fingerprint density at radius 1 is 0.708 bits per heavy atom. The van der Waals surface area contributed by atoms with E-state index in [1.165, 1.54) is 89.9 Å². The van der Waals surface area contributed by atoms with Gasteiger partial charge in [0, 0.05) is 18.6 Å². The van der Waals surface area contributed by atoms with Gasteiger partial charge in [-0.2, -0.15) is 4.57 Å². The second-order valence-corrected chi connectivity index (χ2v) is 7.31. The topological polar surface area (TPSA) is 3.88 Å². The Morgan fingerprint density at radius 2 is 1.17 bits per heavy atom. The molecule has 0 N–H and O–H groups in total.